The number of rotatable bonds is 1. The van der Waals surface area contributed by atoms with Crippen LogP contribution < -0.4 is 10.2 Å². The molecule has 2 fully saturated rings. The molecule has 0 radical (unpaired) electrons. The van der Waals surface area contributed by atoms with E-state index in [1.807, 2.05) is 6.07 Å². The van der Waals surface area contributed by atoms with Gasteiger partial charge < -0.3 is 10.2 Å². The number of amides is 1. The van der Waals surface area contributed by atoms with Crippen LogP contribution in [0.2, 0.25) is 0 Å². The predicted molar refractivity (Wildman–Crippen MR) is 72.6 cm³/mol. The Morgan fingerprint density at radius 3 is 3.05 bits per heavy atom. The van der Waals surface area contributed by atoms with Crippen LogP contribution in [0.5, 0.6) is 0 Å². The molecule has 0 bridgehead atoms. The highest BCUT2D eigenvalue weighted by molar-refractivity contribution is 5.77. The largest absolute Gasteiger partial charge is 0.370 e. The lowest BCUT2D eigenvalue weighted by molar-refractivity contribution is -0.124. The number of hydrogen-bond acceptors (Lipinski definition) is 3. The van der Waals surface area contributed by atoms with Gasteiger partial charge in [0.05, 0.1) is 5.69 Å². The first-order chi connectivity index (χ1) is 9.69. The summed E-state index contributed by atoms with van der Waals surface area (Å²) in [7, 11) is 0. The van der Waals surface area contributed by atoms with Crippen LogP contribution in [-0.2, 0) is 4.79 Å². The molecule has 0 spiro atoms. The minimum absolute atomic E-state index is 0.116. The van der Waals surface area contributed by atoms with Crippen molar-refractivity contribution in [3.8, 4) is 6.07 Å². The number of halogens is 1. The van der Waals surface area contributed by atoms with Gasteiger partial charge in [0.2, 0.25) is 5.91 Å². The highest BCUT2D eigenvalue weighted by atomic mass is 19.1. The Kier molecular flexibility index (Phi) is 3.31. The highest BCUT2D eigenvalue weighted by Crippen LogP contribution is 2.31. The minimum Gasteiger partial charge on any atom is -0.370 e. The summed E-state index contributed by atoms with van der Waals surface area (Å²) >= 11 is 0. The number of anilines is 1. The highest BCUT2D eigenvalue weighted by Gasteiger charge is 2.34. The zero-order valence-corrected chi connectivity index (χ0v) is 11.1. The zero-order chi connectivity index (χ0) is 14.1. The molecule has 104 valence electrons. The number of fused-ring (bicyclic) bond motifs is 1. The van der Waals surface area contributed by atoms with E-state index < -0.39 is 5.82 Å². The molecule has 1 aromatic rings. The molecule has 3 rings (SSSR count). The Labute approximate surface area is 117 Å². The van der Waals surface area contributed by atoms with E-state index in [9.17, 15) is 9.18 Å². The topological polar surface area (TPSA) is 56.1 Å². The van der Waals surface area contributed by atoms with E-state index in [1.165, 1.54) is 6.07 Å². The van der Waals surface area contributed by atoms with E-state index in [1.54, 1.807) is 12.1 Å². The van der Waals surface area contributed by atoms with Gasteiger partial charge in [-0.15, -0.1) is 0 Å². The van der Waals surface area contributed by atoms with E-state index >= 15 is 0 Å². The molecule has 0 saturated carbocycles. The van der Waals surface area contributed by atoms with Gasteiger partial charge in [-0.1, -0.05) is 6.07 Å². The Bertz CT molecular complexity index is 581. The van der Waals surface area contributed by atoms with Crippen molar-refractivity contribution >= 4 is 11.6 Å². The first-order valence-electron chi connectivity index (χ1n) is 6.92. The maximum absolute atomic E-state index is 13.7. The number of piperidine rings is 2. The SMILES string of the molecule is N#Cc1c(F)cccc1N1CCC2NC(=O)CCC2C1. The lowest BCUT2D eigenvalue weighted by Crippen LogP contribution is -2.54. The lowest BCUT2D eigenvalue weighted by atomic mass is 9.85. The summed E-state index contributed by atoms with van der Waals surface area (Å²) in [6.45, 7) is 1.50. The molecule has 0 aliphatic carbocycles. The number of nitriles is 1. The van der Waals surface area contributed by atoms with Crippen LogP contribution >= 0.6 is 0 Å². The molecule has 5 heteroatoms. The molecular formula is C15H16FN3O. The summed E-state index contributed by atoms with van der Waals surface area (Å²) in [6.07, 6.45) is 2.27. The molecule has 20 heavy (non-hydrogen) atoms. The number of nitrogens with zero attached hydrogens (tertiary/aromatic N) is 2. The van der Waals surface area contributed by atoms with Crippen molar-refractivity contribution in [1.29, 1.82) is 5.26 Å². The lowest BCUT2D eigenvalue weighted by Gasteiger charge is -2.42. The number of hydrogen-bond donors (Lipinski definition) is 1. The van der Waals surface area contributed by atoms with Crippen LogP contribution in [0.1, 0.15) is 24.8 Å². The maximum atomic E-state index is 13.7. The quantitative estimate of drug-likeness (QED) is 0.849. The maximum Gasteiger partial charge on any atom is 0.220 e. The minimum atomic E-state index is -0.468. The molecule has 2 unspecified atom stereocenters. The first-order valence-corrected chi connectivity index (χ1v) is 6.92. The van der Waals surface area contributed by atoms with E-state index in [0.717, 1.165) is 25.9 Å². The Morgan fingerprint density at radius 2 is 2.25 bits per heavy atom. The van der Waals surface area contributed by atoms with Gasteiger partial charge >= 0.3 is 0 Å². The van der Waals surface area contributed by atoms with Crippen molar-refractivity contribution in [2.45, 2.75) is 25.3 Å². The van der Waals surface area contributed by atoms with Gasteiger partial charge in [0, 0.05) is 25.6 Å². The van der Waals surface area contributed by atoms with Gasteiger partial charge in [0.1, 0.15) is 17.4 Å². The van der Waals surface area contributed by atoms with Crippen LogP contribution in [0.25, 0.3) is 0 Å². The van der Waals surface area contributed by atoms with Gasteiger partial charge in [-0.05, 0) is 30.9 Å². The van der Waals surface area contributed by atoms with E-state index in [2.05, 4.69) is 10.2 Å². The third-order valence-electron chi connectivity index (χ3n) is 4.27. The fourth-order valence-corrected chi connectivity index (χ4v) is 3.22. The molecule has 4 nitrogen and oxygen atoms in total. The normalized spacial score (nSPS) is 25.6. The fraction of sp³-hybridized carbons (Fsp3) is 0.467. The molecule has 0 aromatic heterocycles. The molecule has 1 N–H and O–H groups in total. The Hall–Kier alpha value is -2.09. The van der Waals surface area contributed by atoms with E-state index in [4.69, 9.17) is 5.26 Å². The third kappa shape index (κ3) is 2.22. The van der Waals surface area contributed by atoms with Crippen molar-refractivity contribution in [1.82, 2.24) is 5.32 Å². The zero-order valence-electron chi connectivity index (χ0n) is 11.1. The molecule has 2 aliphatic heterocycles. The molecule has 2 heterocycles. The number of nitrogens with one attached hydrogen (secondary N) is 1. The molecule has 2 aliphatic rings. The number of carbonyl (C=O) groups excluding carboxylic acids is 1. The first kappa shape index (κ1) is 12.9. The monoisotopic (exact) mass is 273 g/mol. The second-order valence-electron chi connectivity index (χ2n) is 5.45. The van der Waals surface area contributed by atoms with Crippen molar-refractivity contribution in [3.05, 3.63) is 29.6 Å². The van der Waals surface area contributed by atoms with Crippen molar-refractivity contribution in [2.75, 3.05) is 18.0 Å². The molecule has 1 aromatic carbocycles. The summed E-state index contributed by atoms with van der Waals surface area (Å²) in [5.41, 5.74) is 0.786. The standard InChI is InChI=1S/C15H16FN3O/c16-12-2-1-3-14(11(12)8-17)19-7-6-13-10(9-19)4-5-15(20)18-13/h1-3,10,13H,4-7,9H2,(H,18,20). The second kappa shape index (κ2) is 5.12. The van der Waals surface area contributed by atoms with Crippen LogP contribution in [0.15, 0.2) is 18.2 Å². The second-order valence-corrected chi connectivity index (χ2v) is 5.45. The van der Waals surface area contributed by atoms with Crippen LogP contribution in [0.3, 0.4) is 0 Å². The molecular weight excluding hydrogens is 257 g/mol. The average molecular weight is 273 g/mol. The van der Waals surface area contributed by atoms with Crippen molar-refractivity contribution in [3.63, 3.8) is 0 Å². The Morgan fingerprint density at radius 1 is 1.40 bits per heavy atom. The molecule has 2 saturated heterocycles. The summed E-state index contributed by atoms with van der Waals surface area (Å²) in [4.78, 5) is 13.5. The summed E-state index contributed by atoms with van der Waals surface area (Å²) in [6, 6.07) is 6.93. The van der Waals surface area contributed by atoms with Gasteiger partial charge in [-0.2, -0.15) is 5.26 Å². The van der Waals surface area contributed by atoms with Crippen LogP contribution in [0, 0.1) is 23.1 Å². The Balaban J connectivity index is 1.82. The van der Waals surface area contributed by atoms with Gasteiger partial charge in [-0.3, -0.25) is 4.79 Å². The summed E-state index contributed by atoms with van der Waals surface area (Å²) in [5, 5.41) is 12.1. The average Bonchev–Trinajstić information content (AvgIpc) is 2.46. The van der Waals surface area contributed by atoms with Crippen LogP contribution in [-0.4, -0.2) is 25.0 Å². The van der Waals surface area contributed by atoms with Gasteiger partial charge in [0.15, 0.2) is 0 Å². The predicted octanol–water partition coefficient (Wildman–Crippen LogP) is 1.80. The van der Waals surface area contributed by atoms with Gasteiger partial charge in [-0.25, -0.2) is 4.39 Å². The van der Waals surface area contributed by atoms with Crippen molar-refractivity contribution < 1.29 is 9.18 Å². The van der Waals surface area contributed by atoms with Crippen LogP contribution in [0.4, 0.5) is 10.1 Å². The van der Waals surface area contributed by atoms with E-state index in [-0.39, 0.29) is 17.5 Å². The fourth-order valence-electron chi connectivity index (χ4n) is 3.22. The molecule has 2 atom stereocenters. The van der Waals surface area contributed by atoms with Gasteiger partial charge in [0.25, 0.3) is 0 Å². The molecule has 1 amide bonds. The number of benzene rings is 1. The van der Waals surface area contributed by atoms with E-state index in [0.29, 0.717) is 18.0 Å². The van der Waals surface area contributed by atoms with Crippen molar-refractivity contribution in [2.24, 2.45) is 5.92 Å². The number of carbonyl (C=O) groups is 1. The third-order valence-corrected chi connectivity index (χ3v) is 4.27. The summed E-state index contributed by atoms with van der Waals surface area (Å²) < 4.78 is 13.7. The smallest absolute Gasteiger partial charge is 0.220 e. The summed E-state index contributed by atoms with van der Waals surface area (Å²) in [5.74, 6) is 0.0449.